The molecule has 0 saturated heterocycles. The Labute approximate surface area is 143 Å². The fraction of sp³-hybridized carbons (Fsp3) is 0.529. The zero-order valence-corrected chi connectivity index (χ0v) is 13.7. The summed E-state index contributed by atoms with van der Waals surface area (Å²) in [5.41, 5.74) is -0.411. The van der Waals surface area contributed by atoms with Crippen LogP contribution in [0.2, 0.25) is 0 Å². The minimum Gasteiger partial charge on any atom is -0.497 e. The Morgan fingerprint density at radius 2 is 1.96 bits per heavy atom. The van der Waals surface area contributed by atoms with Gasteiger partial charge in [0.2, 0.25) is 5.91 Å². The summed E-state index contributed by atoms with van der Waals surface area (Å²) in [4.78, 5) is 23.9. The van der Waals surface area contributed by atoms with Gasteiger partial charge in [0, 0.05) is 0 Å². The number of carboxylic acids is 1. The average Bonchev–Trinajstić information content (AvgIpc) is 3.04. The fourth-order valence-electron chi connectivity index (χ4n) is 3.27. The van der Waals surface area contributed by atoms with Gasteiger partial charge in [0.25, 0.3) is 0 Å². The molecule has 1 fully saturated rings. The molecule has 0 heterocycles. The molecule has 1 atom stereocenters. The van der Waals surface area contributed by atoms with E-state index in [-0.39, 0.29) is 0 Å². The Bertz CT molecular complexity index is 639. The number of rotatable bonds is 6. The topological polar surface area (TPSA) is 75.6 Å². The Morgan fingerprint density at radius 3 is 2.48 bits per heavy atom. The van der Waals surface area contributed by atoms with Crippen LogP contribution in [0.25, 0.3) is 0 Å². The number of benzene rings is 1. The first-order chi connectivity index (χ1) is 11.7. The van der Waals surface area contributed by atoms with Crippen LogP contribution in [-0.2, 0) is 15.0 Å². The van der Waals surface area contributed by atoms with Gasteiger partial charge in [-0.25, -0.2) is 4.79 Å². The first-order valence-electron chi connectivity index (χ1n) is 7.93. The van der Waals surface area contributed by atoms with Gasteiger partial charge in [-0.05, 0) is 30.5 Å². The van der Waals surface area contributed by atoms with Gasteiger partial charge in [0.15, 0.2) is 0 Å². The van der Waals surface area contributed by atoms with Gasteiger partial charge in [-0.15, -0.1) is 0 Å². The minimum atomic E-state index is -4.69. The summed E-state index contributed by atoms with van der Waals surface area (Å²) >= 11 is 0. The summed E-state index contributed by atoms with van der Waals surface area (Å²) in [5.74, 6) is -1.86. The lowest BCUT2D eigenvalue weighted by Gasteiger charge is -2.30. The van der Waals surface area contributed by atoms with Gasteiger partial charge in [-0.2, -0.15) is 13.2 Å². The third-order valence-corrected chi connectivity index (χ3v) is 4.55. The van der Waals surface area contributed by atoms with Crippen LogP contribution >= 0.6 is 0 Å². The molecule has 1 aromatic carbocycles. The van der Waals surface area contributed by atoms with Crippen LogP contribution in [0.4, 0.5) is 13.2 Å². The number of alkyl halides is 3. The molecule has 1 aliphatic rings. The van der Waals surface area contributed by atoms with Crippen molar-refractivity contribution in [2.24, 2.45) is 0 Å². The molecule has 2 rings (SSSR count). The highest BCUT2D eigenvalue weighted by Crippen LogP contribution is 2.42. The second kappa shape index (κ2) is 7.33. The molecule has 1 unspecified atom stereocenters. The highest BCUT2D eigenvalue weighted by Gasteiger charge is 2.45. The van der Waals surface area contributed by atoms with E-state index in [0.717, 1.165) is 12.8 Å². The molecule has 8 heteroatoms. The van der Waals surface area contributed by atoms with Crippen LogP contribution in [-0.4, -0.2) is 36.3 Å². The Morgan fingerprint density at radius 1 is 1.32 bits per heavy atom. The van der Waals surface area contributed by atoms with Crippen molar-refractivity contribution < 1.29 is 32.6 Å². The third-order valence-electron chi connectivity index (χ3n) is 4.55. The molecule has 0 bridgehead atoms. The summed E-state index contributed by atoms with van der Waals surface area (Å²) in [6.07, 6.45) is -3.92. The van der Waals surface area contributed by atoms with Crippen molar-refractivity contribution in [2.45, 2.75) is 49.7 Å². The standard InChI is InChI=1S/C17H20F3NO4/c1-25-12-6-4-5-11(9-12)16(7-2-3-8-16)15(24)21-13(14(22)23)10-17(18,19)20/h4-6,9,13H,2-3,7-8,10H2,1H3,(H,21,24)(H,22,23). The van der Waals surface area contributed by atoms with E-state index in [1.165, 1.54) is 7.11 Å². The second-order valence-electron chi connectivity index (χ2n) is 6.20. The van der Waals surface area contributed by atoms with Crippen molar-refractivity contribution in [2.75, 3.05) is 7.11 Å². The first kappa shape index (κ1) is 19.1. The van der Waals surface area contributed by atoms with Gasteiger partial charge < -0.3 is 15.2 Å². The molecule has 0 radical (unpaired) electrons. The van der Waals surface area contributed by atoms with Crippen LogP contribution < -0.4 is 10.1 Å². The number of nitrogens with one attached hydrogen (secondary N) is 1. The van der Waals surface area contributed by atoms with Crippen LogP contribution in [0, 0.1) is 0 Å². The number of methoxy groups -OCH3 is 1. The number of aliphatic carboxylic acids is 1. The maximum absolute atomic E-state index is 12.8. The zero-order valence-electron chi connectivity index (χ0n) is 13.7. The van der Waals surface area contributed by atoms with Crippen LogP contribution in [0.3, 0.4) is 0 Å². The van der Waals surface area contributed by atoms with Gasteiger partial charge in [-0.1, -0.05) is 25.0 Å². The molecule has 25 heavy (non-hydrogen) atoms. The summed E-state index contributed by atoms with van der Waals surface area (Å²) in [6, 6.07) is 4.78. The number of amides is 1. The van der Waals surface area contributed by atoms with Gasteiger partial charge >= 0.3 is 12.1 Å². The quantitative estimate of drug-likeness (QED) is 0.819. The molecule has 0 aliphatic heterocycles. The molecular formula is C17H20F3NO4. The van der Waals surface area contributed by atoms with E-state index in [1.807, 2.05) is 0 Å². The average molecular weight is 359 g/mol. The van der Waals surface area contributed by atoms with Crippen LogP contribution in [0.5, 0.6) is 5.75 Å². The number of carbonyl (C=O) groups is 2. The highest BCUT2D eigenvalue weighted by atomic mass is 19.4. The smallest absolute Gasteiger partial charge is 0.391 e. The highest BCUT2D eigenvalue weighted by molar-refractivity contribution is 5.92. The zero-order chi connectivity index (χ0) is 18.7. The lowest BCUT2D eigenvalue weighted by Crippen LogP contribution is -2.51. The van der Waals surface area contributed by atoms with E-state index in [4.69, 9.17) is 9.84 Å². The fourth-order valence-corrected chi connectivity index (χ4v) is 3.27. The van der Waals surface area contributed by atoms with Gasteiger partial charge in [-0.3, -0.25) is 4.79 Å². The SMILES string of the molecule is COc1cccc(C2(C(=O)NC(CC(F)(F)F)C(=O)O)CCCC2)c1. The molecule has 0 spiro atoms. The van der Waals surface area contributed by atoms with E-state index in [9.17, 15) is 22.8 Å². The maximum atomic E-state index is 12.8. The second-order valence-corrected chi connectivity index (χ2v) is 6.20. The van der Waals surface area contributed by atoms with E-state index in [0.29, 0.717) is 24.2 Å². The molecule has 0 aromatic heterocycles. The van der Waals surface area contributed by atoms with Crippen LogP contribution in [0.15, 0.2) is 24.3 Å². The lowest BCUT2D eigenvalue weighted by molar-refractivity contribution is -0.160. The Kier molecular flexibility index (Phi) is 5.59. The number of hydrogen-bond donors (Lipinski definition) is 2. The summed E-state index contributed by atoms with van der Waals surface area (Å²) < 4.78 is 42.9. The van der Waals surface area contributed by atoms with Crippen molar-refractivity contribution >= 4 is 11.9 Å². The third kappa shape index (κ3) is 4.43. The number of carbonyl (C=O) groups excluding carboxylic acids is 1. The molecule has 1 aromatic rings. The summed E-state index contributed by atoms with van der Waals surface area (Å²) in [5, 5.41) is 11.1. The summed E-state index contributed by atoms with van der Waals surface area (Å²) in [6.45, 7) is 0. The Hall–Kier alpha value is -2.25. The molecule has 1 aliphatic carbocycles. The summed E-state index contributed by atoms with van der Waals surface area (Å²) in [7, 11) is 1.48. The number of ether oxygens (including phenoxy) is 1. The molecule has 1 amide bonds. The van der Waals surface area contributed by atoms with Crippen molar-refractivity contribution in [1.29, 1.82) is 0 Å². The van der Waals surface area contributed by atoms with Crippen molar-refractivity contribution in [3.63, 3.8) is 0 Å². The predicted molar refractivity (Wildman–Crippen MR) is 83.4 cm³/mol. The minimum absolute atomic E-state index is 0.449. The van der Waals surface area contributed by atoms with Crippen molar-refractivity contribution in [3.05, 3.63) is 29.8 Å². The van der Waals surface area contributed by atoms with Gasteiger partial charge in [0.05, 0.1) is 18.9 Å². The van der Waals surface area contributed by atoms with Crippen LogP contribution in [0.1, 0.15) is 37.7 Å². The molecule has 1 saturated carbocycles. The Balaban J connectivity index is 2.29. The van der Waals surface area contributed by atoms with E-state index in [2.05, 4.69) is 5.32 Å². The molecule has 2 N–H and O–H groups in total. The lowest BCUT2D eigenvalue weighted by atomic mass is 9.77. The normalized spacial score (nSPS) is 17.8. The predicted octanol–water partition coefficient (Wildman–Crippen LogP) is 3.03. The number of carboxylic acid groups (broad SMARTS) is 1. The van der Waals surface area contributed by atoms with E-state index in [1.54, 1.807) is 24.3 Å². The number of hydrogen-bond acceptors (Lipinski definition) is 3. The molecule has 138 valence electrons. The van der Waals surface area contributed by atoms with Crippen molar-refractivity contribution in [1.82, 2.24) is 5.32 Å². The van der Waals surface area contributed by atoms with E-state index >= 15 is 0 Å². The first-order valence-corrected chi connectivity index (χ1v) is 7.93. The van der Waals surface area contributed by atoms with Crippen molar-refractivity contribution in [3.8, 4) is 5.75 Å². The maximum Gasteiger partial charge on any atom is 0.391 e. The monoisotopic (exact) mass is 359 g/mol. The molecular weight excluding hydrogens is 339 g/mol. The van der Waals surface area contributed by atoms with Gasteiger partial charge in [0.1, 0.15) is 11.8 Å². The van der Waals surface area contributed by atoms with E-state index < -0.39 is 35.9 Å². The number of halogens is 3. The largest absolute Gasteiger partial charge is 0.497 e. The molecule has 5 nitrogen and oxygen atoms in total.